The Balaban J connectivity index is 1.57. The molecule has 6 aromatic rings. The van der Waals surface area contributed by atoms with E-state index in [1.807, 2.05) is 12.1 Å². The van der Waals surface area contributed by atoms with Crippen LogP contribution in [0.4, 0.5) is 13.2 Å². The molecule has 194 valence electrons. The fourth-order valence-corrected chi connectivity index (χ4v) is 5.17. The van der Waals surface area contributed by atoms with Gasteiger partial charge in [-0.2, -0.15) is 18.3 Å². The fraction of sp³-hybridized carbons (Fsp3) is 0.0714. The lowest BCUT2D eigenvalue weighted by Gasteiger charge is -2.15. The van der Waals surface area contributed by atoms with E-state index in [-0.39, 0.29) is 27.1 Å². The van der Waals surface area contributed by atoms with Crippen molar-refractivity contribution in [1.82, 2.24) is 24.3 Å². The largest absolute Gasteiger partial charge is 0.433 e. The minimum atomic E-state index is -4.66. The van der Waals surface area contributed by atoms with Crippen molar-refractivity contribution >= 4 is 33.3 Å². The van der Waals surface area contributed by atoms with E-state index in [9.17, 15) is 22.8 Å². The highest BCUT2D eigenvalue weighted by Crippen LogP contribution is 2.43. The third-order valence-electron chi connectivity index (χ3n) is 6.59. The van der Waals surface area contributed by atoms with E-state index in [4.69, 9.17) is 11.6 Å². The molecule has 0 aliphatic carbocycles. The van der Waals surface area contributed by atoms with Gasteiger partial charge >= 0.3 is 11.9 Å². The summed E-state index contributed by atoms with van der Waals surface area (Å²) in [7, 11) is 1.22. The number of aryl methyl sites for hydroxylation is 1. The molecule has 1 N–H and O–H groups in total. The SMILES string of the molecule is Cn1ncc(-c2cccc(Cl)c2-c2ccc3c(=O)n(-c4cncc5ccccc45)c(=O)[nH]c3c2)c1C(F)(F)F. The highest BCUT2D eigenvalue weighted by molar-refractivity contribution is 6.34. The van der Waals surface area contributed by atoms with Gasteiger partial charge in [0.05, 0.1) is 29.0 Å². The molecule has 0 radical (unpaired) electrons. The van der Waals surface area contributed by atoms with Crippen molar-refractivity contribution in [3.05, 3.63) is 111 Å². The number of aromatic nitrogens is 5. The second-order valence-corrected chi connectivity index (χ2v) is 9.31. The number of H-pyrrole nitrogens is 1. The van der Waals surface area contributed by atoms with Gasteiger partial charge in [-0.3, -0.25) is 14.5 Å². The second-order valence-electron chi connectivity index (χ2n) is 8.90. The van der Waals surface area contributed by atoms with E-state index < -0.39 is 23.1 Å². The topological polar surface area (TPSA) is 85.6 Å². The fourth-order valence-electron chi connectivity index (χ4n) is 4.88. The number of nitrogens with zero attached hydrogens (tertiary/aromatic N) is 4. The van der Waals surface area contributed by atoms with Gasteiger partial charge in [0.2, 0.25) is 0 Å². The van der Waals surface area contributed by atoms with Crippen molar-refractivity contribution in [2.75, 3.05) is 0 Å². The number of nitrogens with one attached hydrogen (secondary N) is 1. The molecule has 0 saturated carbocycles. The van der Waals surface area contributed by atoms with Crippen LogP contribution in [0.1, 0.15) is 5.69 Å². The molecule has 11 heteroatoms. The molecule has 0 saturated heterocycles. The van der Waals surface area contributed by atoms with Crippen LogP contribution in [0.25, 0.3) is 49.6 Å². The molecule has 0 fully saturated rings. The lowest BCUT2D eigenvalue weighted by atomic mass is 9.94. The molecule has 7 nitrogen and oxygen atoms in total. The third-order valence-corrected chi connectivity index (χ3v) is 6.90. The Bertz CT molecular complexity index is 2040. The van der Waals surface area contributed by atoms with Gasteiger partial charge in [-0.15, -0.1) is 0 Å². The molecule has 0 atom stereocenters. The highest BCUT2D eigenvalue weighted by atomic mass is 35.5. The Labute approximate surface area is 222 Å². The maximum Gasteiger partial charge on any atom is 0.433 e. The van der Waals surface area contributed by atoms with Gasteiger partial charge in [-0.05, 0) is 29.3 Å². The van der Waals surface area contributed by atoms with Gasteiger partial charge in [0, 0.05) is 40.2 Å². The van der Waals surface area contributed by atoms with Gasteiger partial charge in [0.1, 0.15) is 5.69 Å². The Morgan fingerprint density at radius 2 is 1.69 bits per heavy atom. The molecule has 3 aromatic carbocycles. The maximum atomic E-state index is 13.9. The van der Waals surface area contributed by atoms with Crippen molar-refractivity contribution in [2.24, 2.45) is 7.05 Å². The molecular weight excluding hydrogens is 531 g/mol. The van der Waals surface area contributed by atoms with Gasteiger partial charge in [-0.1, -0.05) is 54.1 Å². The van der Waals surface area contributed by atoms with Crippen LogP contribution < -0.4 is 11.2 Å². The minimum Gasteiger partial charge on any atom is -0.306 e. The summed E-state index contributed by atoms with van der Waals surface area (Å²) in [6.45, 7) is 0. The molecule has 0 amide bonds. The normalized spacial score (nSPS) is 11.9. The zero-order valence-corrected chi connectivity index (χ0v) is 20.9. The number of rotatable bonds is 3. The zero-order chi connectivity index (χ0) is 27.5. The second kappa shape index (κ2) is 8.95. The Morgan fingerprint density at radius 3 is 2.49 bits per heavy atom. The van der Waals surface area contributed by atoms with Gasteiger partial charge in [0.15, 0.2) is 0 Å². The predicted molar refractivity (Wildman–Crippen MR) is 143 cm³/mol. The molecule has 39 heavy (non-hydrogen) atoms. The first-order valence-corrected chi connectivity index (χ1v) is 12.0. The standard InChI is InChI=1S/C28H17ClF3N5O2/c1-36-25(28(30,31)32)20(13-34-36)18-7-4-8-21(29)24(18)15-9-10-19-22(11-15)35-27(39)37(26(19)38)23-14-33-12-16-5-2-3-6-17(16)23/h2-14H,1H3,(H,35,39). The molecule has 0 bridgehead atoms. The predicted octanol–water partition coefficient (Wildman–Crippen LogP) is 5.97. The molecule has 0 unspecified atom stereocenters. The minimum absolute atomic E-state index is 0.144. The van der Waals surface area contributed by atoms with Crippen LogP contribution in [0, 0.1) is 0 Å². The Kier molecular flexibility index (Phi) is 5.65. The first-order chi connectivity index (χ1) is 18.6. The van der Waals surface area contributed by atoms with E-state index >= 15 is 0 Å². The number of aromatic amines is 1. The number of benzene rings is 3. The highest BCUT2D eigenvalue weighted by Gasteiger charge is 2.38. The molecule has 3 heterocycles. The number of fused-ring (bicyclic) bond motifs is 2. The molecule has 3 aromatic heterocycles. The smallest absolute Gasteiger partial charge is 0.306 e. The van der Waals surface area contributed by atoms with Crippen LogP contribution in [0.2, 0.25) is 5.02 Å². The van der Waals surface area contributed by atoms with E-state index in [0.29, 0.717) is 22.2 Å². The third kappa shape index (κ3) is 4.00. The summed E-state index contributed by atoms with van der Waals surface area (Å²) in [6, 6.07) is 16.5. The number of hydrogen-bond acceptors (Lipinski definition) is 4. The quantitative estimate of drug-likeness (QED) is 0.296. The molecule has 0 aliphatic rings. The van der Waals surface area contributed by atoms with Gasteiger partial charge in [-0.25, -0.2) is 9.36 Å². The number of halogens is 4. The van der Waals surface area contributed by atoms with E-state index in [1.165, 1.54) is 31.4 Å². The van der Waals surface area contributed by atoms with Gasteiger partial charge < -0.3 is 4.98 Å². The first-order valence-electron chi connectivity index (χ1n) is 11.7. The van der Waals surface area contributed by atoms with Crippen LogP contribution in [0.5, 0.6) is 0 Å². The summed E-state index contributed by atoms with van der Waals surface area (Å²) in [5.41, 5.74) is -0.850. The first kappa shape index (κ1) is 24.6. The van der Waals surface area contributed by atoms with Crippen molar-refractivity contribution in [1.29, 1.82) is 0 Å². The number of hydrogen-bond donors (Lipinski definition) is 1. The Hall–Kier alpha value is -4.70. The summed E-state index contributed by atoms with van der Waals surface area (Å²) in [5, 5.41) is 5.65. The maximum absolute atomic E-state index is 13.9. The summed E-state index contributed by atoms with van der Waals surface area (Å²) in [6.07, 6.45) is -0.436. The summed E-state index contributed by atoms with van der Waals surface area (Å²) in [4.78, 5) is 33.6. The monoisotopic (exact) mass is 547 g/mol. The van der Waals surface area contributed by atoms with E-state index in [2.05, 4.69) is 15.1 Å². The molecule has 0 aliphatic heterocycles. The Morgan fingerprint density at radius 1 is 0.897 bits per heavy atom. The zero-order valence-electron chi connectivity index (χ0n) is 20.1. The average Bonchev–Trinajstić information content (AvgIpc) is 3.30. The van der Waals surface area contributed by atoms with Crippen molar-refractivity contribution in [3.8, 4) is 27.9 Å². The van der Waals surface area contributed by atoms with Gasteiger partial charge in [0.25, 0.3) is 5.56 Å². The average molecular weight is 548 g/mol. The van der Waals surface area contributed by atoms with Crippen LogP contribution in [-0.4, -0.2) is 24.3 Å². The van der Waals surface area contributed by atoms with E-state index in [0.717, 1.165) is 20.8 Å². The molecular formula is C28H17ClF3N5O2. The van der Waals surface area contributed by atoms with Crippen LogP contribution >= 0.6 is 11.6 Å². The summed E-state index contributed by atoms with van der Waals surface area (Å²) >= 11 is 6.51. The summed E-state index contributed by atoms with van der Waals surface area (Å²) in [5.74, 6) is 0. The molecule has 6 rings (SSSR count). The summed E-state index contributed by atoms with van der Waals surface area (Å²) < 4.78 is 43.4. The number of alkyl halides is 3. The van der Waals surface area contributed by atoms with Crippen LogP contribution in [-0.2, 0) is 13.2 Å². The lowest BCUT2D eigenvalue weighted by molar-refractivity contribution is -0.143. The van der Waals surface area contributed by atoms with Crippen LogP contribution in [0.3, 0.4) is 0 Å². The van der Waals surface area contributed by atoms with Crippen molar-refractivity contribution in [3.63, 3.8) is 0 Å². The van der Waals surface area contributed by atoms with Crippen LogP contribution in [0.15, 0.2) is 88.8 Å². The van der Waals surface area contributed by atoms with Crippen molar-refractivity contribution in [2.45, 2.75) is 6.18 Å². The lowest BCUT2D eigenvalue weighted by Crippen LogP contribution is -2.33. The number of pyridine rings is 1. The van der Waals surface area contributed by atoms with E-state index in [1.54, 1.807) is 36.5 Å². The van der Waals surface area contributed by atoms with Crippen molar-refractivity contribution < 1.29 is 13.2 Å². The molecule has 0 spiro atoms.